The summed E-state index contributed by atoms with van der Waals surface area (Å²) in [5, 5.41) is 9.21. The van der Waals surface area contributed by atoms with Gasteiger partial charge in [0.15, 0.2) is 6.29 Å². The van der Waals surface area contributed by atoms with Crippen molar-refractivity contribution in [3.63, 3.8) is 0 Å². The molecule has 0 aromatic carbocycles. The molecule has 2 rings (SSSR count). The molecule has 0 aliphatic carbocycles. The molecule has 1 aromatic heterocycles. The first-order chi connectivity index (χ1) is 7.61. The summed E-state index contributed by atoms with van der Waals surface area (Å²) in [6, 6.07) is 0. The summed E-state index contributed by atoms with van der Waals surface area (Å²) in [6.07, 6.45) is 6.29. The van der Waals surface area contributed by atoms with Crippen LogP contribution in [-0.2, 0) is 4.74 Å². The minimum Gasteiger partial charge on any atom is -0.412 e. The van der Waals surface area contributed by atoms with Crippen molar-refractivity contribution in [3.05, 3.63) is 22.2 Å². The quantitative estimate of drug-likeness (QED) is 0.477. The molecule has 1 aliphatic heterocycles. The molecule has 2 heterocycles. The number of hydrogen-bond donors (Lipinski definition) is 2. The molecule has 0 spiro atoms. The van der Waals surface area contributed by atoms with Gasteiger partial charge in [-0.1, -0.05) is 5.92 Å². The molecule has 0 bridgehead atoms. The number of ether oxygens (including phenoxy) is 1. The maximum absolute atomic E-state index is 11.5. The molecule has 5 N–H and O–H groups in total. The fourth-order valence-electron chi connectivity index (χ4n) is 1.61. The number of aliphatic hydroxyl groups is 1. The Morgan fingerprint density at radius 3 is 2.78 bits per heavy atom. The molecule has 7 nitrogen and oxygen atoms in total. The number of rotatable bonds is 1. The molecule has 2 atom stereocenters. The van der Waals surface area contributed by atoms with Gasteiger partial charge in [-0.15, -0.1) is 6.42 Å². The fraction of sp³-hybridized carbons (Fsp3) is 0.400. The van der Waals surface area contributed by atoms with Crippen LogP contribution in [0.5, 0.6) is 0 Å². The average Bonchev–Trinajstić information content (AvgIpc) is 2.65. The normalized spacial score (nSPS) is 21.6. The molecule has 18 heavy (non-hydrogen) atoms. The van der Waals surface area contributed by atoms with Gasteiger partial charge < -0.3 is 21.1 Å². The van der Waals surface area contributed by atoms with E-state index >= 15 is 0 Å². The van der Waals surface area contributed by atoms with E-state index < -0.39 is 18.2 Å². The van der Waals surface area contributed by atoms with Crippen LogP contribution in [0.1, 0.15) is 24.6 Å². The molecular formula is C10H13N3O4Pu. The Balaban J connectivity index is 0.00000144. The van der Waals surface area contributed by atoms with E-state index in [4.69, 9.17) is 16.9 Å². The van der Waals surface area contributed by atoms with Crippen molar-refractivity contribution < 1.29 is 44.5 Å². The van der Waals surface area contributed by atoms with E-state index in [-0.39, 0.29) is 40.5 Å². The summed E-state index contributed by atoms with van der Waals surface area (Å²) in [6.45, 7) is 0. The molecule has 0 amide bonds. The summed E-state index contributed by atoms with van der Waals surface area (Å²) in [5.41, 5.74) is 5.28. The molecule has 8 heteroatoms. The smallest absolute Gasteiger partial charge is 0.351 e. The van der Waals surface area contributed by atoms with Gasteiger partial charge in [-0.05, 0) is 6.42 Å². The van der Waals surface area contributed by atoms with E-state index in [1.54, 1.807) is 0 Å². The summed E-state index contributed by atoms with van der Waals surface area (Å²) in [7, 11) is 0. The van der Waals surface area contributed by atoms with E-state index in [2.05, 4.69) is 10.9 Å². The van der Waals surface area contributed by atoms with Crippen LogP contribution in [0.3, 0.4) is 0 Å². The van der Waals surface area contributed by atoms with Gasteiger partial charge in [0.1, 0.15) is 12.0 Å². The van der Waals surface area contributed by atoms with Crippen molar-refractivity contribution in [2.24, 2.45) is 0 Å². The summed E-state index contributed by atoms with van der Waals surface area (Å²) in [5.74, 6) is 2.36. The molecule has 1 aromatic rings. The number of hydrogen-bond acceptors (Lipinski definition) is 5. The van der Waals surface area contributed by atoms with E-state index in [0.29, 0.717) is 18.4 Å². The van der Waals surface area contributed by atoms with E-state index in [1.807, 2.05) is 0 Å². The Morgan fingerprint density at radius 2 is 2.28 bits per heavy atom. The van der Waals surface area contributed by atoms with E-state index in [0.717, 1.165) is 0 Å². The molecule has 1 aliphatic rings. The van der Waals surface area contributed by atoms with Gasteiger partial charge in [0, 0.05) is 41.8 Å². The second-order valence-electron chi connectivity index (χ2n) is 3.50. The summed E-state index contributed by atoms with van der Waals surface area (Å²) in [4.78, 5) is 15.1. The molecule has 1 saturated heterocycles. The Morgan fingerprint density at radius 1 is 1.61 bits per heavy atom. The molecule has 0 radical (unpaired) electrons. The Bertz CT molecular complexity index is 511. The number of nitrogen functional groups attached to an aromatic ring is 1. The topological polar surface area (TPSA) is 122 Å². The number of aromatic nitrogens is 2. The Kier molecular flexibility index (Phi) is 6.54. The predicted molar refractivity (Wildman–Crippen MR) is 59.8 cm³/mol. The maximum Gasteiger partial charge on any atom is 0.351 e. The van der Waals surface area contributed by atoms with Crippen molar-refractivity contribution in [2.75, 3.05) is 5.73 Å². The number of terminal acetylenes is 1. The standard InChI is InChI=1S/C10H11N3O3.H2O.Pu/c1-2-6-5-13(10(15)12-9(6)11)7-3-4-8(14)16-7;;/h1,5,7-8,14H,3-4H2,(H2,11,12,15);1H2;/t7-,8+;;/m1../s1. The number of anilines is 1. The second-order valence-corrected chi connectivity index (χ2v) is 3.50. The van der Waals surface area contributed by atoms with Gasteiger partial charge in [0.2, 0.25) is 0 Å². The number of aliphatic hydroxyl groups excluding tert-OH is 1. The molecular weight excluding hydrogens is 470 g/mol. The zero-order valence-electron chi connectivity index (χ0n) is 9.37. The SMILES string of the molecule is C#Cc1cn([C@H]2CC[C@@H](O)O2)c(=O)nc1N.O.[Pu]. The first-order valence-electron chi connectivity index (χ1n) is 4.80. The predicted octanol–water partition coefficient (Wildman–Crippen LogP) is -1.39. The largest absolute Gasteiger partial charge is 0.412 e. The summed E-state index contributed by atoms with van der Waals surface area (Å²) >= 11 is 0. The average molecular weight is 483 g/mol. The second kappa shape index (κ2) is 6.88. The van der Waals surface area contributed by atoms with Crippen LogP contribution < -0.4 is 11.4 Å². The molecule has 0 unspecified atom stereocenters. The van der Waals surface area contributed by atoms with Gasteiger partial charge in [0.05, 0.1) is 5.56 Å². The molecule has 98 valence electrons. The van der Waals surface area contributed by atoms with Crippen molar-refractivity contribution >= 4 is 5.82 Å². The van der Waals surface area contributed by atoms with Crippen LogP contribution in [-0.4, -0.2) is 26.4 Å². The third-order valence-electron chi connectivity index (χ3n) is 2.42. The Labute approximate surface area is 125 Å². The number of nitrogens with two attached hydrogens (primary N) is 1. The van der Waals surface area contributed by atoms with Crippen molar-refractivity contribution in [2.45, 2.75) is 25.4 Å². The maximum atomic E-state index is 11.5. The van der Waals surface area contributed by atoms with Crippen molar-refractivity contribution in [1.29, 1.82) is 0 Å². The van der Waals surface area contributed by atoms with Crippen LogP contribution in [0.15, 0.2) is 11.0 Å². The van der Waals surface area contributed by atoms with E-state index in [9.17, 15) is 9.90 Å². The zero-order valence-corrected chi connectivity index (χ0v) is 12.8. The minimum absolute atomic E-state index is 0. The van der Waals surface area contributed by atoms with Crippen LogP contribution in [0.4, 0.5) is 5.82 Å². The molecule has 1 fully saturated rings. The molecule has 0 saturated carbocycles. The van der Waals surface area contributed by atoms with Gasteiger partial charge in [-0.2, -0.15) is 4.98 Å². The fourth-order valence-corrected chi connectivity index (χ4v) is 1.61. The van der Waals surface area contributed by atoms with Gasteiger partial charge in [-0.25, -0.2) is 4.79 Å². The van der Waals surface area contributed by atoms with Crippen molar-refractivity contribution in [1.82, 2.24) is 9.55 Å². The van der Waals surface area contributed by atoms with Crippen LogP contribution in [0.2, 0.25) is 0 Å². The van der Waals surface area contributed by atoms with Crippen LogP contribution >= 0.6 is 0 Å². The van der Waals surface area contributed by atoms with E-state index in [1.165, 1.54) is 10.8 Å². The third-order valence-corrected chi connectivity index (χ3v) is 2.42. The van der Waals surface area contributed by atoms with Gasteiger partial charge in [0.25, 0.3) is 0 Å². The van der Waals surface area contributed by atoms with Gasteiger partial charge >= 0.3 is 5.69 Å². The summed E-state index contributed by atoms with van der Waals surface area (Å²) < 4.78 is 6.39. The third kappa shape index (κ3) is 3.32. The van der Waals surface area contributed by atoms with Crippen LogP contribution in [0, 0.1) is 41.5 Å². The van der Waals surface area contributed by atoms with Gasteiger partial charge in [-0.3, -0.25) is 4.57 Å². The monoisotopic (exact) mass is 477 g/mol. The van der Waals surface area contributed by atoms with Crippen LogP contribution in [0.25, 0.3) is 0 Å². The Hall–Kier alpha value is -0.893. The first kappa shape index (κ1) is 17.1. The van der Waals surface area contributed by atoms with Crippen molar-refractivity contribution in [3.8, 4) is 12.3 Å². The number of nitrogens with zero attached hydrogens (tertiary/aromatic N) is 2. The minimum atomic E-state index is -0.844. The first-order valence-corrected chi connectivity index (χ1v) is 4.80. The zero-order chi connectivity index (χ0) is 11.7.